The Labute approximate surface area is 209 Å². The number of hydrogen-bond donors (Lipinski definition) is 0. The van der Waals surface area contributed by atoms with Gasteiger partial charge >= 0.3 is 5.51 Å². The van der Waals surface area contributed by atoms with Crippen LogP contribution in [-0.4, -0.2) is 30.8 Å². The highest BCUT2D eigenvalue weighted by Crippen LogP contribution is 2.84. The van der Waals surface area contributed by atoms with Gasteiger partial charge in [-0.05, 0) is 43.7 Å². The Morgan fingerprint density at radius 3 is 1.57 bits per heavy atom. The van der Waals surface area contributed by atoms with E-state index in [1.807, 2.05) is 0 Å². The third kappa shape index (κ3) is 8.30. The van der Waals surface area contributed by atoms with Crippen molar-refractivity contribution in [2.24, 2.45) is 0 Å². The monoisotopic (exact) mass is 530 g/mol. The smallest absolute Gasteiger partial charge is 0.485 e. The number of alkyl halides is 3. The van der Waals surface area contributed by atoms with Crippen molar-refractivity contribution in [2.45, 2.75) is 82.0 Å². The maximum absolute atomic E-state index is 10.7. The van der Waals surface area contributed by atoms with E-state index in [1.165, 1.54) is 63.7 Å². The summed E-state index contributed by atoms with van der Waals surface area (Å²) in [4.78, 5) is 0. The average Bonchev–Trinajstić information content (AvgIpc) is 3.21. The molecule has 35 heavy (non-hydrogen) atoms. The lowest BCUT2D eigenvalue weighted by molar-refractivity contribution is -0.0517. The van der Waals surface area contributed by atoms with Crippen LogP contribution in [0.1, 0.15) is 87.7 Å². The van der Waals surface area contributed by atoms with Crippen LogP contribution < -0.4 is 0 Å². The Hall–Kier alpha value is -1.43. The van der Waals surface area contributed by atoms with E-state index in [9.17, 15) is 13.2 Å². The van der Waals surface area contributed by atoms with Crippen LogP contribution in [0.5, 0.6) is 0 Å². The molecule has 3 nitrogen and oxygen atoms in total. The first-order valence-electron chi connectivity index (χ1n) is 12.5. The van der Waals surface area contributed by atoms with Crippen LogP contribution >= 0.6 is 7.26 Å². The topological polar surface area (TPSA) is 57.2 Å². The zero-order chi connectivity index (χ0) is 26.0. The second kappa shape index (κ2) is 13.8. The first-order valence-corrected chi connectivity index (χ1v) is 16.3. The maximum Gasteiger partial charge on any atom is 0.485 e. The van der Waals surface area contributed by atoms with Crippen LogP contribution in [0, 0.1) is 0 Å². The van der Waals surface area contributed by atoms with Gasteiger partial charge in [0.25, 0.3) is 0 Å². The van der Waals surface area contributed by atoms with E-state index >= 15 is 0 Å². The minimum absolute atomic E-state index is 0.824. The molecule has 1 heterocycles. The average molecular weight is 531 g/mol. The van der Waals surface area contributed by atoms with Crippen molar-refractivity contribution >= 4 is 17.4 Å². The summed E-state index contributed by atoms with van der Waals surface area (Å²) in [5.74, 6) is 0. The summed E-state index contributed by atoms with van der Waals surface area (Å²) >= 11 is 0. The molecule has 1 aliphatic heterocycles. The fourth-order valence-corrected chi connectivity index (χ4v) is 11.3. The second-order valence-electron chi connectivity index (χ2n) is 9.24. The molecular weight excluding hydrogens is 492 g/mol. The Morgan fingerprint density at radius 2 is 1.20 bits per heavy atom. The Bertz CT molecular complexity index is 919. The Kier molecular flexibility index (Phi) is 11.7. The second-order valence-corrected chi connectivity index (χ2v) is 15.1. The number of unbranched alkanes of at least 4 members (excludes halogenated alkanes) is 5. The van der Waals surface area contributed by atoms with Gasteiger partial charge in [0.05, 0.1) is 23.6 Å². The van der Waals surface area contributed by atoms with E-state index in [2.05, 4.69) is 74.5 Å². The highest BCUT2D eigenvalue weighted by atomic mass is 32.2. The fraction of sp³-hybridized carbons (Fsp3) is 0.556. The van der Waals surface area contributed by atoms with E-state index < -0.39 is 22.9 Å². The van der Waals surface area contributed by atoms with Crippen molar-refractivity contribution in [3.05, 3.63) is 71.8 Å². The lowest BCUT2D eigenvalue weighted by Crippen LogP contribution is -2.21. The third-order valence-electron chi connectivity index (χ3n) is 7.12. The minimum atomic E-state index is -6.09. The lowest BCUT2D eigenvalue weighted by atomic mass is 10.0. The molecule has 0 spiro atoms. The van der Waals surface area contributed by atoms with Crippen LogP contribution in [-0.2, 0) is 10.1 Å². The molecule has 0 unspecified atom stereocenters. The number of halogens is 3. The molecule has 196 valence electrons. The molecule has 8 heteroatoms. The standard InChI is InChI=1S/C26H38P.CHF3O3S/c1-3-5-6-7-8-15-22-27(4-2)25(23-16-11-9-12-17-23)20-21-26(27)24-18-13-10-14-19-24;2-1(3,4)8(5,6)7/h9-14,16-19,25-26H,3-8,15,20-22H2,1-2H3;(H,5,6,7)/q+1;/p-1/t25-,26-;/m0./s1. The molecule has 0 aromatic heterocycles. The van der Waals surface area contributed by atoms with Gasteiger partial charge in [0.15, 0.2) is 10.1 Å². The summed E-state index contributed by atoms with van der Waals surface area (Å²) < 4.78 is 58.9. The van der Waals surface area contributed by atoms with E-state index in [-0.39, 0.29) is 0 Å². The summed E-state index contributed by atoms with van der Waals surface area (Å²) in [5, 5.41) is 0. The van der Waals surface area contributed by atoms with E-state index in [4.69, 9.17) is 13.0 Å². The molecule has 2 atom stereocenters. The molecule has 0 amide bonds. The summed E-state index contributed by atoms with van der Waals surface area (Å²) in [5.41, 5.74) is -0.754. The fourth-order valence-electron chi connectivity index (χ4n) is 5.42. The summed E-state index contributed by atoms with van der Waals surface area (Å²) in [6.07, 6.45) is 14.2. The van der Waals surface area contributed by atoms with Crippen molar-refractivity contribution < 1.29 is 26.1 Å². The third-order valence-corrected chi connectivity index (χ3v) is 13.6. The predicted octanol–water partition coefficient (Wildman–Crippen LogP) is 8.71. The summed E-state index contributed by atoms with van der Waals surface area (Å²) in [7, 11) is -7.14. The van der Waals surface area contributed by atoms with Gasteiger partial charge in [-0.15, -0.1) is 0 Å². The van der Waals surface area contributed by atoms with Gasteiger partial charge in [0.2, 0.25) is 0 Å². The SMILES string of the molecule is CCCCCCCC[P+]1(CC)[C@H](c2ccccc2)CC[C@H]1c1ccccc1.O=S(=O)([O-])C(F)(F)F. The minimum Gasteiger partial charge on any atom is -0.741 e. The molecular formula is C27H38F3O3PS. The van der Waals surface area contributed by atoms with Crippen molar-refractivity contribution in [1.82, 2.24) is 0 Å². The van der Waals surface area contributed by atoms with Crippen LogP contribution in [0.2, 0.25) is 0 Å². The molecule has 0 bridgehead atoms. The van der Waals surface area contributed by atoms with Crippen LogP contribution in [0.3, 0.4) is 0 Å². The van der Waals surface area contributed by atoms with E-state index in [0.29, 0.717) is 0 Å². The first-order chi connectivity index (χ1) is 16.6. The van der Waals surface area contributed by atoms with Gasteiger partial charge in [-0.2, -0.15) is 13.2 Å². The molecule has 0 aliphatic carbocycles. The summed E-state index contributed by atoms with van der Waals surface area (Å²) in [6.45, 7) is 4.81. The molecule has 2 aromatic rings. The van der Waals surface area contributed by atoms with Gasteiger partial charge < -0.3 is 4.55 Å². The largest absolute Gasteiger partial charge is 0.741 e. The molecule has 2 aromatic carbocycles. The van der Waals surface area contributed by atoms with Crippen molar-refractivity contribution in [2.75, 3.05) is 12.3 Å². The Morgan fingerprint density at radius 1 is 0.800 bits per heavy atom. The van der Waals surface area contributed by atoms with Gasteiger partial charge in [-0.25, -0.2) is 8.42 Å². The molecule has 1 saturated heterocycles. The van der Waals surface area contributed by atoms with Gasteiger partial charge in [-0.1, -0.05) is 93.3 Å². The first kappa shape index (κ1) is 29.8. The molecule has 0 saturated carbocycles. The van der Waals surface area contributed by atoms with Crippen LogP contribution in [0.4, 0.5) is 13.2 Å². The number of rotatable bonds is 10. The van der Waals surface area contributed by atoms with Crippen molar-refractivity contribution in [1.29, 1.82) is 0 Å². The van der Waals surface area contributed by atoms with Crippen molar-refractivity contribution in [3.8, 4) is 0 Å². The summed E-state index contributed by atoms with van der Waals surface area (Å²) in [6, 6.07) is 23.0. The number of hydrogen-bond acceptors (Lipinski definition) is 3. The zero-order valence-corrected chi connectivity index (χ0v) is 22.4. The van der Waals surface area contributed by atoms with Crippen LogP contribution in [0.25, 0.3) is 0 Å². The normalized spacial score (nSPS) is 19.7. The van der Waals surface area contributed by atoms with E-state index in [1.54, 1.807) is 11.1 Å². The zero-order valence-electron chi connectivity index (χ0n) is 20.7. The highest BCUT2D eigenvalue weighted by Gasteiger charge is 2.55. The van der Waals surface area contributed by atoms with Gasteiger partial charge in [0, 0.05) is 7.26 Å². The molecule has 1 aliphatic rings. The number of benzene rings is 2. The van der Waals surface area contributed by atoms with Gasteiger partial charge in [0.1, 0.15) is 0 Å². The molecule has 0 radical (unpaired) electrons. The molecule has 1 fully saturated rings. The van der Waals surface area contributed by atoms with E-state index in [0.717, 1.165) is 11.3 Å². The molecule has 3 rings (SSSR count). The van der Waals surface area contributed by atoms with Crippen molar-refractivity contribution in [3.63, 3.8) is 0 Å². The van der Waals surface area contributed by atoms with Gasteiger partial charge in [-0.3, -0.25) is 0 Å². The molecule has 0 N–H and O–H groups in total. The lowest BCUT2D eigenvalue weighted by Gasteiger charge is -2.34. The van der Waals surface area contributed by atoms with Crippen LogP contribution in [0.15, 0.2) is 60.7 Å². The predicted molar refractivity (Wildman–Crippen MR) is 139 cm³/mol. The maximum atomic E-state index is 10.7. The quantitative estimate of drug-likeness (QED) is 0.134. The highest BCUT2D eigenvalue weighted by molar-refractivity contribution is 7.86. The Balaban J connectivity index is 0.000000466.